The molecule has 35 heavy (non-hydrogen) atoms. The average molecular weight is 498 g/mol. The van der Waals surface area contributed by atoms with Crippen molar-refractivity contribution in [1.82, 2.24) is 29.4 Å². The molecule has 1 aromatic carbocycles. The predicted octanol–water partition coefficient (Wildman–Crippen LogP) is 4.81. The molecule has 5 aromatic rings. The van der Waals surface area contributed by atoms with Gasteiger partial charge in [0.25, 0.3) is 0 Å². The molecule has 0 aliphatic rings. The van der Waals surface area contributed by atoms with Crippen LogP contribution >= 0.6 is 11.6 Å². The number of hydrogen-bond acceptors (Lipinski definition) is 6. The molecule has 8 nitrogen and oxygen atoms in total. The smallest absolute Gasteiger partial charge is 0.351 e. The number of fused-ring (bicyclic) bond motifs is 1. The second-order valence-electron chi connectivity index (χ2n) is 7.53. The van der Waals surface area contributed by atoms with E-state index >= 15 is 0 Å². The molecule has 176 valence electrons. The Balaban J connectivity index is 1.60. The van der Waals surface area contributed by atoms with E-state index in [0.717, 1.165) is 27.0 Å². The van der Waals surface area contributed by atoms with E-state index in [2.05, 4.69) is 25.5 Å². The minimum Gasteiger partial charge on any atom is -0.351 e. The summed E-state index contributed by atoms with van der Waals surface area (Å²) < 4.78 is 40.7. The molecule has 0 bridgehead atoms. The van der Waals surface area contributed by atoms with Crippen molar-refractivity contribution in [2.45, 2.75) is 12.7 Å². The highest BCUT2D eigenvalue weighted by Crippen LogP contribution is 2.33. The highest BCUT2D eigenvalue weighted by atomic mass is 35.5. The summed E-state index contributed by atoms with van der Waals surface area (Å²) in [5, 5.41) is 12.5. The molecule has 0 aliphatic heterocycles. The van der Waals surface area contributed by atoms with Crippen molar-refractivity contribution in [3.63, 3.8) is 0 Å². The van der Waals surface area contributed by atoms with Gasteiger partial charge in [-0.2, -0.15) is 22.8 Å². The van der Waals surface area contributed by atoms with Crippen LogP contribution in [-0.2, 0) is 12.7 Å². The molecule has 0 unspecified atom stereocenters. The zero-order valence-corrected chi connectivity index (χ0v) is 18.5. The molecule has 1 N–H and O–H groups in total. The van der Waals surface area contributed by atoms with Crippen LogP contribution in [0.25, 0.3) is 16.8 Å². The second kappa shape index (κ2) is 8.84. The molecule has 4 heterocycles. The fraction of sp³-hybridized carbons (Fsp3) is 0.0870. The average Bonchev–Trinajstić information content (AvgIpc) is 3.16. The fourth-order valence-electron chi connectivity index (χ4n) is 3.47. The molecule has 0 saturated carbocycles. The predicted molar refractivity (Wildman–Crippen MR) is 124 cm³/mol. The van der Waals surface area contributed by atoms with Crippen molar-refractivity contribution in [3.05, 3.63) is 100 Å². The number of alkyl halides is 3. The molecular formula is C23H15ClF3N7O. The molecule has 12 heteroatoms. The SMILES string of the molecule is O=c1n(Cc2ccc(C(F)(F)F)nc2)nc2c(Nc3cccnc3)c(-c3ccc(Cl)cc3)cnn12. The maximum atomic E-state index is 13.0. The van der Waals surface area contributed by atoms with Crippen LogP contribution in [0, 0.1) is 0 Å². The van der Waals surface area contributed by atoms with Crippen molar-refractivity contribution in [2.24, 2.45) is 0 Å². The van der Waals surface area contributed by atoms with E-state index in [-0.39, 0.29) is 12.2 Å². The van der Waals surface area contributed by atoms with Crippen molar-refractivity contribution < 1.29 is 13.2 Å². The maximum Gasteiger partial charge on any atom is 0.433 e. The second-order valence-corrected chi connectivity index (χ2v) is 7.97. The van der Waals surface area contributed by atoms with E-state index < -0.39 is 17.6 Å². The highest BCUT2D eigenvalue weighted by molar-refractivity contribution is 6.30. The van der Waals surface area contributed by atoms with Crippen LogP contribution in [-0.4, -0.2) is 29.4 Å². The van der Waals surface area contributed by atoms with Crippen LogP contribution in [0.1, 0.15) is 11.3 Å². The first kappa shape index (κ1) is 22.5. The number of nitrogens with zero attached hydrogens (tertiary/aromatic N) is 6. The van der Waals surface area contributed by atoms with E-state index in [1.54, 1.807) is 36.7 Å². The first-order chi connectivity index (χ1) is 16.8. The Labute approximate surface area is 200 Å². The van der Waals surface area contributed by atoms with Gasteiger partial charge in [0, 0.05) is 23.0 Å². The van der Waals surface area contributed by atoms with Crippen molar-refractivity contribution in [2.75, 3.05) is 5.32 Å². The summed E-state index contributed by atoms with van der Waals surface area (Å²) in [7, 11) is 0. The summed E-state index contributed by atoms with van der Waals surface area (Å²) in [5.41, 5.74) is 1.63. The minimum absolute atomic E-state index is 0.0874. The Morgan fingerprint density at radius 1 is 1.00 bits per heavy atom. The van der Waals surface area contributed by atoms with Crippen molar-refractivity contribution >= 4 is 28.6 Å². The number of hydrogen-bond donors (Lipinski definition) is 1. The van der Waals surface area contributed by atoms with Crippen molar-refractivity contribution in [3.8, 4) is 11.1 Å². The van der Waals surface area contributed by atoms with Crippen LogP contribution in [0.15, 0.2) is 78.1 Å². The first-order valence-electron chi connectivity index (χ1n) is 10.2. The zero-order chi connectivity index (χ0) is 24.6. The number of nitrogens with one attached hydrogen (secondary N) is 1. The highest BCUT2D eigenvalue weighted by Gasteiger charge is 2.32. The van der Waals surface area contributed by atoms with E-state index in [1.807, 2.05) is 12.1 Å². The zero-order valence-electron chi connectivity index (χ0n) is 17.7. The Hall–Kier alpha value is -4.25. The van der Waals surface area contributed by atoms with Gasteiger partial charge in [-0.05, 0) is 41.5 Å². The normalized spacial score (nSPS) is 11.7. The third kappa shape index (κ3) is 4.58. The number of pyridine rings is 2. The Bertz CT molecular complexity index is 1550. The molecule has 4 aromatic heterocycles. The molecule has 0 amide bonds. The lowest BCUT2D eigenvalue weighted by atomic mass is 10.1. The number of aromatic nitrogens is 6. The van der Waals surface area contributed by atoms with Crippen LogP contribution in [0.4, 0.5) is 24.5 Å². The number of halogens is 4. The topological polar surface area (TPSA) is 90.0 Å². The lowest BCUT2D eigenvalue weighted by Gasteiger charge is -2.12. The van der Waals surface area contributed by atoms with Gasteiger partial charge in [-0.15, -0.1) is 5.10 Å². The molecule has 0 fully saturated rings. The van der Waals surface area contributed by atoms with E-state index in [1.165, 1.54) is 12.3 Å². The lowest BCUT2D eigenvalue weighted by molar-refractivity contribution is -0.141. The molecule has 0 radical (unpaired) electrons. The summed E-state index contributed by atoms with van der Waals surface area (Å²) in [6.07, 6.45) is 1.30. The van der Waals surface area contributed by atoms with E-state index in [0.29, 0.717) is 27.5 Å². The van der Waals surface area contributed by atoms with E-state index in [4.69, 9.17) is 11.6 Å². The summed E-state index contributed by atoms with van der Waals surface area (Å²) in [6.45, 7) is -0.0874. The van der Waals surface area contributed by atoms with Gasteiger partial charge in [-0.3, -0.25) is 9.97 Å². The lowest BCUT2D eigenvalue weighted by Crippen LogP contribution is -2.23. The quantitative estimate of drug-likeness (QED) is 0.375. The van der Waals surface area contributed by atoms with Crippen LogP contribution in [0.3, 0.4) is 0 Å². The summed E-state index contributed by atoms with van der Waals surface area (Å²) >= 11 is 6.03. The van der Waals surface area contributed by atoms with Gasteiger partial charge in [0.05, 0.1) is 30.3 Å². The van der Waals surface area contributed by atoms with Crippen LogP contribution in [0.2, 0.25) is 5.02 Å². The number of anilines is 2. The van der Waals surface area contributed by atoms with E-state index in [9.17, 15) is 18.0 Å². The third-order valence-corrected chi connectivity index (χ3v) is 5.40. The largest absolute Gasteiger partial charge is 0.433 e. The monoisotopic (exact) mass is 497 g/mol. The molecule has 5 rings (SSSR count). The summed E-state index contributed by atoms with van der Waals surface area (Å²) in [4.78, 5) is 20.5. The molecule has 0 spiro atoms. The molecule has 0 aliphatic carbocycles. The Kier molecular flexibility index (Phi) is 5.69. The third-order valence-electron chi connectivity index (χ3n) is 5.15. The Morgan fingerprint density at radius 3 is 2.46 bits per heavy atom. The number of benzene rings is 1. The molecule has 0 atom stereocenters. The van der Waals surface area contributed by atoms with Gasteiger partial charge < -0.3 is 5.32 Å². The van der Waals surface area contributed by atoms with Gasteiger partial charge in [0.2, 0.25) is 5.65 Å². The van der Waals surface area contributed by atoms with Crippen LogP contribution in [0.5, 0.6) is 0 Å². The minimum atomic E-state index is -4.55. The van der Waals surface area contributed by atoms with Gasteiger partial charge in [0.15, 0.2) is 0 Å². The van der Waals surface area contributed by atoms with Gasteiger partial charge in [-0.25, -0.2) is 9.48 Å². The van der Waals surface area contributed by atoms with Gasteiger partial charge in [0.1, 0.15) is 5.69 Å². The standard InChI is InChI=1S/C23H15ClF3N7O/c24-16-6-4-15(5-7-16)18-12-30-34-21(20(18)31-17-2-1-9-28-11-17)32-33(22(34)35)13-14-3-8-19(29-10-14)23(25,26)27/h1-12,31H,13H2. The molecule has 0 saturated heterocycles. The fourth-order valence-corrected chi connectivity index (χ4v) is 3.60. The Morgan fingerprint density at radius 2 is 1.80 bits per heavy atom. The van der Waals surface area contributed by atoms with Crippen molar-refractivity contribution in [1.29, 1.82) is 0 Å². The first-order valence-corrected chi connectivity index (χ1v) is 10.6. The summed E-state index contributed by atoms with van der Waals surface area (Å²) in [5.74, 6) is 0. The van der Waals surface area contributed by atoms with Gasteiger partial charge >= 0.3 is 11.9 Å². The van der Waals surface area contributed by atoms with Crippen LogP contribution < -0.4 is 11.0 Å². The maximum absolute atomic E-state index is 13.0. The molecular weight excluding hydrogens is 483 g/mol. The summed E-state index contributed by atoms with van der Waals surface area (Å²) in [6, 6.07) is 12.8. The number of rotatable bonds is 5. The van der Waals surface area contributed by atoms with Gasteiger partial charge in [-0.1, -0.05) is 29.8 Å².